The van der Waals surface area contributed by atoms with Crippen molar-refractivity contribution < 1.29 is 4.79 Å². The molecule has 1 aliphatic heterocycles. The van der Waals surface area contributed by atoms with E-state index in [-0.39, 0.29) is 11.8 Å². The Hall–Kier alpha value is -1.04. The second-order valence-corrected chi connectivity index (χ2v) is 3.55. The van der Waals surface area contributed by atoms with E-state index >= 15 is 0 Å². The molecule has 0 aromatic rings. The topological polar surface area (TPSA) is 44.1 Å². The predicted molar refractivity (Wildman–Crippen MR) is 49.8 cm³/mol. The number of amides is 1. The lowest BCUT2D eigenvalue weighted by atomic mass is 10.1. The number of likely N-dealkylation sites (tertiary alicyclic amines) is 1. The molecule has 3 nitrogen and oxygen atoms in total. The number of carbonyl (C=O) groups is 1. The molecule has 0 radical (unpaired) electrons. The van der Waals surface area contributed by atoms with Crippen LogP contribution in [0, 0.1) is 17.2 Å². The molecule has 3 heteroatoms. The van der Waals surface area contributed by atoms with Gasteiger partial charge in [-0.15, -0.1) is 0 Å². The highest BCUT2D eigenvalue weighted by Gasteiger charge is 2.32. The molecule has 1 aliphatic rings. The number of nitrogens with zero attached hydrogens (tertiary/aromatic N) is 2. The van der Waals surface area contributed by atoms with Gasteiger partial charge in [0.25, 0.3) is 0 Å². The van der Waals surface area contributed by atoms with Crippen LogP contribution in [-0.4, -0.2) is 23.4 Å². The predicted octanol–water partition coefficient (Wildman–Crippen LogP) is 1.55. The molecule has 1 atom stereocenters. The molecule has 0 N–H and O–H groups in total. The van der Waals surface area contributed by atoms with Crippen LogP contribution in [-0.2, 0) is 4.79 Å². The fraction of sp³-hybridized carbons (Fsp3) is 0.800. The first-order valence-electron chi connectivity index (χ1n) is 4.92. The maximum absolute atomic E-state index is 11.5. The average molecular weight is 180 g/mol. The Morgan fingerprint density at radius 2 is 2.23 bits per heavy atom. The maximum Gasteiger partial charge on any atom is 0.224 e. The third-order valence-corrected chi connectivity index (χ3v) is 2.72. The summed E-state index contributed by atoms with van der Waals surface area (Å²) in [6, 6.07) is 2.50. The number of rotatable bonds is 3. The fourth-order valence-corrected chi connectivity index (χ4v) is 1.90. The van der Waals surface area contributed by atoms with Crippen molar-refractivity contribution in [3.8, 4) is 6.07 Å². The van der Waals surface area contributed by atoms with Crippen LogP contribution < -0.4 is 0 Å². The van der Waals surface area contributed by atoms with Crippen LogP contribution in [0.15, 0.2) is 0 Å². The fourth-order valence-electron chi connectivity index (χ4n) is 1.90. The summed E-state index contributed by atoms with van der Waals surface area (Å²) in [5.74, 6) is 0.0772. The number of nitriles is 1. The molecular weight excluding hydrogens is 164 g/mol. The first kappa shape index (κ1) is 10.0. The van der Waals surface area contributed by atoms with Crippen molar-refractivity contribution >= 4 is 5.91 Å². The molecule has 0 bridgehead atoms. The van der Waals surface area contributed by atoms with E-state index in [1.807, 2.05) is 4.90 Å². The van der Waals surface area contributed by atoms with Gasteiger partial charge >= 0.3 is 0 Å². The van der Waals surface area contributed by atoms with Gasteiger partial charge in [-0.2, -0.15) is 5.26 Å². The molecule has 0 saturated carbocycles. The summed E-state index contributed by atoms with van der Waals surface area (Å²) in [6.45, 7) is 4.81. The quantitative estimate of drug-likeness (QED) is 0.661. The van der Waals surface area contributed by atoms with Crippen LogP contribution in [0.25, 0.3) is 0 Å². The van der Waals surface area contributed by atoms with Crippen LogP contribution in [0.4, 0.5) is 0 Å². The number of hydrogen-bond donors (Lipinski definition) is 0. The van der Waals surface area contributed by atoms with Crippen LogP contribution in [0.5, 0.6) is 0 Å². The second kappa shape index (κ2) is 4.27. The Balaban J connectivity index is 2.62. The SMILES string of the molecule is CCC(CC)N1CC(C#N)CC1=O. The Morgan fingerprint density at radius 3 is 2.62 bits per heavy atom. The summed E-state index contributed by atoms with van der Waals surface area (Å²) in [5, 5.41) is 8.70. The van der Waals surface area contributed by atoms with Crippen LogP contribution in [0.1, 0.15) is 33.1 Å². The van der Waals surface area contributed by atoms with Crippen molar-refractivity contribution in [1.82, 2.24) is 4.90 Å². The molecule has 1 rings (SSSR count). The highest BCUT2D eigenvalue weighted by atomic mass is 16.2. The molecule has 1 amide bonds. The van der Waals surface area contributed by atoms with Gasteiger partial charge in [0.1, 0.15) is 0 Å². The van der Waals surface area contributed by atoms with Crippen molar-refractivity contribution in [2.45, 2.75) is 39.2 Å². The van der Waals surface area contributed by atoms with Crippen LogP contribution >= 0.6 is 0 Å². The summed E-state index contributed by atoms with van der Waals surface area (Å²) in [6.07, 6.45) is 2.40. The molecule has 0 aliphatic carbocycles. The van der Waals surface area contributed by atoms with E-state index in [2.05, 4.69) is 19.9 Å². The van der Waals surface area contributed by atoms with Gasteiger partial charge in [0.15, 0.2) is 0 Å². The molecule has 13 heavy (non-hydrogen) atoms. The molecule has 1 unspecified atom stereocenters. The van der Waals surface area contributed by atoms with Gasteiger partial charge in [-0.05, 0) is 12.8 Å². The summed E-state index contributed by atoms with van der Waals surface area (Å²) in [4.78, 5) is 13.3. The number of hydrogen-bond acceptors (Lipinski definition) is 2. The Kier molecular flexibility index (Phi) is 3.30. The van der Waals surface area contributed by atoms with E-state index in [1.165, 1.54) is 0 Å². The van der Waals surface area contributed by atoms with E-state index in [0.717, 1.165) is 12.8 Å². The summed E-state index contributed by atoms with van der Waals surface area (Å²) < 4.78 is 0. The molecule has 1 saturated heterocycles. The molecule has 1 heterocycles. The van der Waals surface area contributed by atoms with E-state index in [0.29, 0.717) is 19.0 Å². The van der Waals surface area contributed by atoms with Crippen molar-refractivity contribution in [3.63, 3.8) is 0 Å². The summed E-state index contributed by atoms with van der Waals surface area (Å²) >= 11 is 0. The van der Waals surface area contributed by atoms with Crippen molar-refractivity contribution in [3.05, 3.63) is 0 Å². The zero-order chi connectivity index (χ0) is 9.84. The lowest BCUT2D eigenvalue weighted by molar-refractivity contribution is -0.129. The molecule has 72 valence electrons. The van der Waals surface area contributed by atoms with Crippen molar-refractivity contribution in [2.75, 3.05) is 6.54 Å². The summed E-state index contributed by atoms with van der Waals surface area (Å²) in [5.41, 5.74) is 0. The largest absolute Gasteiger partial charge is 0.338 e. The molecule has 0 aromatic heterocycles. The highest BCUT2D eigenvalue weighted by molar-refractivity contribution is 5.79. The number of carbonyl (C=O) groups excluding carboxylic acids is 1. The molecular formula is C10H16N2O. The normalized spacial score (nSPS) is 22.5. The van der Waals surface area contributed by atoms with Gasteiger partial charge < -0.3 is 4.90 Å². The van der Waals surface area contributed by atoms with Gasteiger partial charge in [0.2, 0.25) is 5.91 Å². The Bertz CT molecular complexity index is 228. The van der Waals surface area contributed by atoms with Crippen molar-refractivity contribution in [1.29, 1.82) is 5.26 Å². The van der Waals surface area contributed by atoms with E-state index < -0.39 is 0 Å². The Labute approximate surface area is 79.3 Å². The molecule has 0 aromatic carbocycles. The minimum Gasteiger partial charge on any atom is -0.338 e. The lowest BCUT2D eigenvalue weighted by Gasteiger charge is -2.25. The summed E-state index contributed by atoms with van der Waals surface area (Å²) in [7, 11) is 0. The first-order valence-corrected chi connectivity index (χ1v) is 4.92. The lowest BCUT2D eigenvalue weighted by Crippen LogP contribution is -2.35. The van der Waals surface area contributed by atoms with Gasteiger partial charge in [-0.3, -0.25) is 4.79 Å². The highest BCUT2D eigenvalue weighted by Crippen LogP contribution is 2.21. The minimum absolute atomic E-state index is 0.0758. The third kappa shape index (κ3) is 2.00. The third-order valence-electron chi connectivity index (χ3n) is 2.72. The zero-order valence-corrected chi connectivity index (χ0v) is 8.29. The Morgan fingerprint density at radius 1 is 1.62 bits per heavy atom. The van der Waals surface area contributed by atoms with Gasteiger partial charge in [0.05, 0.1) is 12.0 Å². The molecule has 0 spiro atoms. The standard InChI is InChI=1S/C10H16N2O/c1-3-9(4-2)12-7-8(6-11)5-10(12)13/h8-9H,3-5,7H2,1-2H3. The van der Waals surface area contributed by atoms with E-state index in [4.69, 9.17) is 5.26 Å². The monoisotopic (exact) mass is 180 g/mol. The van der Waals surface area contributed by atoms with Crippen molar-refractivity contribution in [2.24, 2.45) is 5.92 Å². The maximum atomic E-state index is 11.5. The minimum atomic E-state index is -0.0758. The smallest absolute Gasteiger partial charge is 0.224 e. The van der Waals surface area contributed by atoms with Crippen LogP contribution in [0.2, 0.25) is 0 Å². The van der Waals surface area contributed by atoms with Gasteiger partial charge in [-0.1, -0.05) is 13.8 Å². The van der Waals surface area contributed by atoms with E-state index in [9.17, 15) is 4.79 Å². The zero-order valence-electron chi connectivity index (χ0n) is 8.29. The van der Waals surface area contributed by atoms with Gasteiger partial charge in [-0.25, -0.2) is 0 Å². The molecule has 1 fully saturated rings. The second-order valence-electron chi connectivity index (χ2n) is 3.55. The van der Waals surface area contributed by atoms with E-state index in [1.54, 1.807) is 0 Å². The first-order chi connectivity index (χ1) is 6.22. The van der Waals surface area contributed by atoms with Crippen LogP contribution in [0.3, 0.4) is 0 Å². The van der Waals surface area contributed by atoms with Gasteiger partial charge in [0, 0.05) is 19.0 Å². The average Bonchev–Trinajstić information content (AvgIpc) is 2.50.